The van der Waals surface area contributed by atoms with E-state index in [1.165, 1.54) is 11.1 Å². The Balaban J connectivity index is 1.89. The summed E-state index contributed by atoms with van der Waals surface area (Å²) in [4.78, 5) is 2.13. The minimum atomic E-state index is -0.506. The predicted octanol–water partition coefficient (Wildman–Crippen LogP) is 4.18. The molecule has 1 saturated heterocycles. The molecule has 0 radical (unpaired) electrons. The van der Waals surface area contributed by atoms with Gasteiger partial charge in [0.25, 0.3) is 0 Å². The first kappa shape index (κ1) is 14.5. The Bertz CT molecular complexity index is 790. The molecule has 0 aromatic heterocycles. The molecule has 0 spiro atoms. The Morgan fingerprint density at radius 2 is 1.83 bits per heavy atom. The van der Waals surface area contributed by atoms with E-state index in [2.05, 4.69) is 55.3 Å². The zero-order valence-electron chi connectivity index (χ0n) is 13.5. The normalized spacial score (nSPS) is 28.7. The number of hydrogen-bond donors (Lipinski definition) is 1. The number of rotatable bonds is 1. The summed E-state index contributed by atoms with van der Waals surface area (Å²) in [6.07, 6.45) is 0. The summed E-state index contributed by atoms with van der Waals surface area (Å²) in [5, 5.41) is 4.25. The SMILES string of the molecule is Cc1ccccc1N1C(=S)N[C@H]2c3ccccc3O[C@@]1(C)[C@@H]2C. The second kappa shape index (κ2) is 4.96. The van der Waals surface area contributed by atoms with Crippen molar-refractivity contribution in [3.05, 3.63) is 59.7 Å². The molecule has 2 aromatic rings. The van der Waals surface area contributed by atoms with E-state index in [-0.39, 0.29) is 12.0 Å². The largest absolute Gasteiger partial charge is 0.467 e. The summed E-state index contributed by atoms with van der Waals surface area (Å²) >= 11 is 5.71. The highest BCUT2D eigenvalue weighted by Crippen LogP contribution is 2.49. The maximum absolute atomic E-state index is 6.49. The lowest BCUT2D eigenvalue weighted by molar-refractivity contribution is -0.00324. The maximum atomic E-state index is 6.49. The van der Waals surface area contributed by atoms with Crippen LogP contribution in [0.25, 0.3) is 0 Å². The van der Waals surface area contributed by atoms with E-state index in [0.29, 0.717) is 0 Å². The van der Waals surface area contributed by atoms with Crippen molar-refractivity contribution in [1.82, 2.24) is 5.32 Å². The highest BCUT2D eigenvalue weighted by atomic mass is 32.1. The van der Waals surface area contributed by atoms with Crippen molar-refractivity contribution in [2.45, 2.75) is 32.5 Å². The molecule has 0 aliphatic carbocycles. The van der Waals surface area contributed by atoms with Gasteiger partial charge in [0.15, 0.2) is 10.8 Å². The van der Waals surface area contributed by atoms with Crippen LogP contribution in [0.15, 0.2) is 48.5 Å². The van der Waals surface area contributed by atoms with Gasteiger partial charge in [0.05, 0.1) is 6.04 Å². The molecule has 0 amide bonds. The predicted molar refractivity (Wildman–Crippen MR) is 96.8 cm³/mol. The first-order valence-corrected chi connectivity index (χ1v) is 8.37. The van der Waals surface area contributed by atoms with Gasteiger partial charge in [-0.25, -0.2) is 0 Å². The monoisotopic (exact) mass is 324 g/mol. The Morgan fingerprint density at radius 1 is 1.13 bits per heavy atom. The average Bonchev–Trinajstić information content (AvgIpc) is 2.52. The van der Waals surface area contributed by atoms with E-state index in [0.717, 1.165) is 16.5 Å². The number of benzene rings is 2. The summed E-state index contributed by atoms with van der Waals surface area (Å²) in [6, 6.07) is 16.7. The fourth-order valence-electron chi connectivity index (χ4n) is 3.74. The molecule has 118 valence electrons. The van der Waals surface area contributed by atoms with Crippen LogP contribution in [0.1, 0.15) is 31.0 Å². The summed E-state index contributed by atoms with van der Waals surface area (Å²) < 4.78 is 6.49. The number of para-hydroxylation sites is 2. The molecule has 2 heterocycles. The Hall–Kier alpha value is -2.07. The molecule has 1 N–H and O–H groups in total. The van der Waals surface area contributed by atoms with Crippen molar-refractivity contribution in [3.63, 3.8) is 0 Å². The average molecular weight is 324 g/mol. The van der Waals surface area contributed by atoms with Crippen molar-refractivity contribution in [1.29, 1.82) is 0 Å². The Morgan fingerprint density at radius 3 is 2.61 bits per heavy atom. The van der Waals surface area contributed by atoms with Crippen molar-refractivity contribution >= 4 is 23.0 Å². The van der Waals surface area contributed by atoms with Gasteiger partial charge in [-0.1, -0.05) is 43.3 Å². The molecule has 23 heavy (non-hydrogen) atoms. The number of nitrogens with one attached hydrogen (secondary N) is 1. The number of hydrogen-bond acceptors (Lipinski definition) is 2. The van der Waals surface area contributed by atoms with Crippen molar-refractivity contribution in [2.24, 2.45) is 5.92 Å². The summed E-state index contributed by atoms with van der Waals surface area (Å²) in [7, 11) is 0. The third-order valence-corrected chi connectivity index (χ3v) is 5.50. The minimum absolute atomic E-state index is 0.178. The smallest absolute Gasteiger partial charge is 0.190 e. The van der Waals surface area contributed by atoms with Gasteiger partial charge in [0.1, 0.15) is 5.75 Å². The molecular formula is C19H20N2OS. The van der Waals surface area contributed by atoms with Crippen LogP contribution in [0.4, 0.5) is 5.69 Å². The summed E-state index contributed by atoms with van der Waals surface area (Å²) in [5.41, 5.74) is 2.96. The summed E-state index contributed by atoms with van der Waals surface area (Å²) in [5.74, 6) is 1.19. The van der Waals surface area contributed by atoms with Gasteiger partial charge in [0.2, 0.25) is 0 Å². The van der Waals surface area contributed by atoms with Gasteiger partial charge < -0.3 is 10.1 Å². The molecule has 2 aliphatic rings. The third-order valence-electron chi connectivity index (χ3n) is 5.20. The first-order chi connectivity index (χ1) is 11.0. The molecule has 3 nitrogen and oxygen atoms in total. The van der Waals surface area contributed by atoms with Crippen molar-refractivity contribution in [3.8, 4) is 5.75 Å². The fourth-order valence-corrected chi connectivity index (χ4v) is 4.15. The van der Waals surface area contributed by atoms with E-state index in [1.54, 1.807) is 0 Å². The van der Waals surface area contributed by atoms with Gasteiger partial charge in [-0.3, -0.25) is 4.90 Å². The van der Waals surface area contributed by atoms with E-state index >= 15 is 0 Å². The fraction of sp³-hybridized carbons (Fsp3) is 0.316. The van der Waals surface area contributed by atoms with Crippen LogP contribution in [0.3, 0.4) is 0 Å². The van der Waals surface area contributed by atoms with Crippen molar-refractivity contribution < 1.29 is 4.74 Å². The Labute approximate surface area is 142 Å². The highest BCUT2D eigenvalue weighted by Gasteiger charge is 2.53. The van der Waals surface area contributed by atoms with Crippen LogP contribution in [-0.2, 0) is 0 Å². The van der Waals surface area contributed by atoms with Crippen LogP contribution < -0.4 is 15.0 Å². The van der Waals surface area contributed by atoms with E-state index in [9.17, 15) is 0 Å². The molecule has 0 saturated carbocycles. The highest BCUT2D eigenvalue weighted by molar-refractivity contribution is 7.80. The van der Waals surface area contributed by atoms with Crippen LogP contribution >= 0.6 is 12.2 Å². The quantitative estimate of drug-likeness (QED) is 0.796. The number of aryl methyl sites for hydroxylation is 1. The number of ether oxygens (including phenoxy) is 1. The lowest BCUT2D eigenvalue weighted by Crippen LogP contribution is -2.69. The van der Waals surface area contributed by atoms with Gasteiger partial charge in [0, 0.05) is 17.2 Å². The standard InChI is InChI=1S/C19H20N2OS/c1-12-8-4-6-10-15(12)21-18(23)20-17-13(2)19(21,3)22-16-11-7-5-9-14(16)17/h4-11,13,17H,1-3H3,(H,20,23)/t13-,17-,19+/m1/s1. The number of nitrogens with zero attached hydrogens (tertiary/aromatic N) is 1. The molecule has 3 atom stereocenters. The molecular weight excluding hydrogens is 304 g/mol. The second-order valence-electron chi connectivity index (χ2n) is 6.53. The molecule has 1 fully saturated rings. The second-order valence-corrected chi connectivity index (χ2v) is 6.92. The van der Waals surface area contributed by atoms with Gasteiger partial charge in [-0.2, -0.15) is 0 Å². The summed E-state index contributed by atoms with van der Waals surface area (Å²) in [6.45, 7) is 6.47. The third kappa shape index (κ3) is 1.98. The van der Waals surface area contributed by atoms with Gasteiger partial charge in [-0.15, -0.1) is 0 Å². The van der Waals surface area contributed by atoms with E-state index in [4.69, 9.17) is 17.0 Å². The van der Waals surface area contributed by atoms with Crippen LogP contribution in [-0.4, -0.2) is 10.8 Å². The molecule has 2 aromatic carbocycles. The van der Waals surface area contributed by atoms with Crippen LogP contribution in [0.5, 0.6) is 5.75 Å². The molecule has 2 aliphatic heterocycles. The molecule has 4 rings (SSSR count). The van der Waals surface area contributed by atoms with Crippen molar-refractivity contribution in [2.75, 3.05) is 4.90 Å². The maximum Gasteiger partial charge on any atom is 0.190 e. The molecule has 0 unspecified atom stereocenters. The molecule has 4 heteroatoms. The zero-order chi connectivity index (χ0) is 16.2. The minimum Gasteiger partial charge on any atom is -0.467 e. The number of thiocarbonyl (C=S) groups is 1. The first-order valence-electron chi connectivity index (χ1n) is 7.96. The number of fused-ring (bicyclic) bond motifs is 4. The van der Waals surface area contributed by atoms with Crippen LogP contribution in [0, 0.1) is 12.8 Å². The van der Waals surface area contributed by atoms with Gasteiger partial charge in [-0.05, 0) is 43.8 Å². The lowest BCUT2D eigenvalue weighted by atomic mass is 9.80. The Kier molecular flexibility index (Phi) is 3.13. The van der Waals surface area contributed by atoms with E-state index < -0.39 is 5.72 Å². The lowest BCUT2D eigenvalue weighted by Gasteiger charge is -2.56. The zero-order valence-corrected chi connectivity index (χ0v) is 14.4. The topological polar surface area (TPSA) is 24.5 Å². The van der Waals surface area contributed by atoms with Crippen LogP contribution in [0.2, 0.25) is 0 Å². The number of anilines is 1. The van der Waals surface area contributed by atoms with Gasteiger partial charge >= 0.3 is 0 Å². The molecule has 2 bridgehead atoms. The van der Waals surface area contributed by atoms with E-state index in [1.807, 2.05) is 24.3 Å².